The highest BCUT2D eigenvalue weighted by molar-refractivity contribution is 5.88. The van der Waals surface area contributed by atoms with Gasteiger partial charge in [-0.15, -0.1) is 0 Å². The molecule has 0 fully saturated rings. The lowest BCUT2D eigenvalue weighted by Gasteiger charge is -2.04. The first kappa shape index (κ1) is 12.9. The van der Waals surface area contributed by atoms with Crippen molar-refractivity contribution in [1.82, 2.24) is 9.88 Å². The average Bonchev–Trinajstić information content (AvgIpc) is 2.82. The minimum absolute atomic E-state index is 1.01. The van der Waals surface area contributed by atoms with Gasteiger partial charge in [0, 0.05) is 24.1 Å². The number of hydrogen-bond donors (Lipinski definition) is 1. The molecule has 0 aliphatic carbocycles. The molecule has 0 saturated heterocycles. The number of benzene rings is 2. The van der Waals surface area contributed by atoms with E-state index in [0.29, 0.717) is 0 Å². The Morgan fingerprint density at radius 1 is 1.00 bits per heavy atom. The number of likely N-dealkylation sites (N-methyl/N-ethyl adjacent to an activating group) is 1. The van der Waals surface area contributed by atoms with Gasteiger partial charge in [0.05, 0.1) is 0 Å². The molecule has 1 aromatic heterocycles. The van der Waals surface area contributed by atoms with Crippen molar-refractivity contribution in [3.8, 4) is 11.1 Å². The summed E-state index contributed by atoms with van der Waals surface area (Å²) in [6.45, 7) is 1.01. The van der Waals surface area contributed by atoms with E-state index >= 15 is 0 Å². The number of nitrogens with zero attached hydrogens (tertiary/aromatic N) is 1. The van der Waals surface area contributed by atoms with Crippen LogP contribution in [0.3, 0.4) is 0 Å². The minimum Gasteiger partial charge on any atom is -0.350 e. The van der Waals surface area contributed by atoms with Gasteiger partial charge < -0.3 is 9.88 Å². The van der Waals surface area contributed by atoms with E-state index in [2.05, 4.69) is 71.7 Å². The SMILES string of the molecule is CNCCc1cn(C)c2ccc(-c3ccccc3)cc12. The van der Waals surface area contributed by atoms with E-state index in [-0.39, 0.29) is 0 Å². The van der Waals surface area contributed by atoms with Gasteiger partial charge in [0.2, 0.25) is 0 Å². The van der Waals surface area contributed by atoms with Crippen LogP contribution in [0.1, 0.15) is 5.56 Å². The Kier molecular flexibility index (Phi) is 3.57. The van der Waals surface area contributed by atoms with E-state index in [1.54, 1.807) is 0 Å². The molecular formula is C18H20N2. The van der Waals surface area contributed by atoms with Crippen molar-refractivity contribution in [1.29, 1.82) is 0 Å². The van der Waals surface area contributed by atoms with E-state index in [0.717, 1.165) is 13.0 Å². The third-order valence-corrected chi connectivity index (χ3v) is 3.82. The van der Waals surface area contributed by atoms with Crippen LogP contribution in [0, 0.1) is 0 Å². The zero-order valence-electron chi connectivity index (χ0n) is 12.1. The molecule has 2 heteroatoms. The monoisotopic (exact) mass is 264 g/mol. The maximum absolute atomic E-state index is 3.23. The van der Waals surface area contributed by atoms with Gasteiger partial charge in [-0.25, -0.2) is 0 Å². The Bertz CT molecular complexity index is 711. The summed E-state index contributed by atoms with van der Waals surface area (Å²) >= 11 is 0. The van der Waals surface area contributed by atoms with Crippen LogP contribution in [-0.2, 0) is 13.5 Å². The second-order valence-electron chi connectivity index (χ2n) is 5.22. The molecular weight excluding hydrogens is 244 g/mol. The number of rotatable bonds is 4. The van der Waals surface area contributed by atoms with Crippen molar-refractivity contribution in [3.05, 3.63) is 60.3 Å². The van der Waals surface area contributed by atoms with Crippen LogP contribution >= 0.6 is 0 Å². The highest BCUT2D eigenvalue weighted by Gasteiger charge is 2.07. The summed E-state index contributed by atoms with van der Waals surface area (Å²) in [6, 6.07) is 17.3. The van der Waals surface area contributed by atoms with Crippen molar-refractivity contribution in [2.45, 2.75) is 6.42 Å². The zero-order chi connectivity index (χ0) is 13.9. The second kappa shape index (κ2) is 5.51. The van der Waals surface area contributed by atoms with Gasteiger partial charge in [0.15, 0.2) is 0 Å². The third kappa shape index (κ3) is 2.35. The van der Waals surface area contributed by atoms with Crippen LogP contribution in [0.15, 0.2) is 54.7 Å². The van der Waals surface area contributed by atoms with Crippen LogP contribution in [0.2, 0.25) is 0 Å². The zero-order valence-corrected chi connectivity index (χ0v) is 12.1. The van der Waals surface area contributed by atoms with Crippen LogP contribution in [0.25, 0.3) is 22.0 Å². The molecule has 1 heterocycles. The fourth-order valence-electron chi connectivity index (χ4n) is 2.74. The van der Waals surface area contributed by atoms with E-state index in [1.807, 2.05) is 7.05 Å². The Morgan fingerprint density at radius 2 is 1.80 bits per heavy atom. The molecule has 2 aromatic carbocycles. The first-order valence-corrected chi connectivity index (χ1v) is 7.07. The molecule has 3 aromatic rings. The Balaban J connectivity index is 2.09. The van der Waals surface area contributed by atoms with Crippen molar-refractivity contribution in [2.24, 2.45) is 7.05 Å². The topological polar surface area (TPSA) is 17.0 Å². The molecule has 20 heavy (non-hydrogen) atoms. The lowest BCUT2D eigenvalue weighted by molar-refractivity contribution is 0.791. The minimum atomic E-state index is 1.01. The molecule has 0 saturated carbocycles. The Morgan fingerprint density at radius 3 is 2.55 bits per heavy atom. The molecule has 0 spiro atoms. The van der Waals surface area contributed by atoms with Gasteiger partial charge >= 0.3 is 0 Å². The Hall–Kier alpha value is -2.06. The van der Waals surface area contributed by atoms with Gasteiger partial charge in [-0.05, 0) is 48.8 Å². The number of fused-ring (bicyclic) bond motifs is 1. The molecule has 0 radical (unpaired) electrons. The summed E-state index contributed by atoms with van der Waals surface area (Å²) in [5, 5.41) is 4.59. The molecule has 0 unspecified atom stereocenters. The van der Waals surface area contributed by atoms with Gasteiger partial charge in [-0.3, -0.25) is 0 Å². The highest BCUT2D eigenvalue weighted by atomic mass is 14.9. The van der Waals surface area contributed by atoms with Crippen LogP contribution < -0.4 is 5.32 Å². The summed E-state index contributed by atoms with van der Waals surface area (Å²) in [7, 11) is 4.12. The summed E-state index contributed by atoms with van der Waals surface area (Å²) in [4.78, 5) is 0. The number of aromatic nitrogens is 1. The van der Waals surface area contributed by atoms with Gasteiger partial charge in [-0.1, -0.05) is 36.4 Å². The largest absolute Gasteiger partial charge is 0.350 e. The van der Waals surface area contributed by atoms with Crippen molar-refractivity contribution in [2.75, 3.05) is 13.6 Å². The molecule has 1 N–H and O–H groups in total. The van der Waals surface area contributed by atoms with E-state index < -0.39 is 0 Å². The highest BCUT2D eigenvalue weighted by Crippen LogP contribution is 2.27. The number of nitrogens with one attached hydrogen (secondary N) is 1. The Labute approximate surface area is 120 Å². The maximum Gasteiger partial charge on any atom is 0.0480 e. The number of aryl methyl sites for hydroxylation is 1. The quantitative estimate of drug-likeness (QED) is 0.761. The predicted octanol–water partition coefficient (Wildman–Crippen LogP) is 3.61. The molecule has 102 valence electrons. The molecule has 0 atom stereocenters. The first-order valence-electron chi connectivity index (χ1n) is 7.07. The predicted molar refractivity (Wildman–Crippen MR) is 86.0 cm³/mol. The summed E-state index contributed by atoms with van der Waals surface area (Å²) in [5.41, 5.74) is 5.28. The lowest BCUT2D eigenvalue weighted by atomic mass is 10.0. The molecule has 2 nitrogen and oxygen atoms in total. The third-order valence-electron chi connectivity index (χ3n) is 3.82. The maximum atomic E-state index is 3.23. The fourth-order valence-corrected chi connectivity index (χ4v) is 2.74. The van der Waals surface area contributed by atoms with Gasteiger partial charge in [0.25, 0.3) is 0 Å². The first-order chi connectivity index (χ1) is 9.79. The summed E-state index contributed by atoms with van der Waals surface area (Å²) < 4.78 is 2.22. The van der Waals surface area contributed by atoms with Crippen LogP contribution in [0.5, 0.6) is 0 Å². The molecule has 3 rings (SSSR count). The van der Waals surface area contributed by atoms with Gasteiger partial charge in [-0.2, -0.15) is 0 Å². The standard InChI is InChI=1S/C18H20N2/c1-19-11-10-16-13-20(2)18-9-8-15(12-17(16)18)14-6-4-3-5-7-14/h3-9,12-13,19H,10-11H2,1-2H3. The van der Waals surface area contributed by atoms with Crippen LogP contribution in [0.4, 0.5) is 0 Å². The van der Waals surface area contributed by atoms with E-state index in [4.69, 9.17) is 0 Å². The molecule has 0 aliphatic heterocycles. The number of hydrogen-bond acceptors (Lipinski definition) is 1. The van der Waals surface area contributed by atoms with E-state index in [9.17, 15) is 0 Å². The summed E-state index contributed by atoms with van der Waals surface area (Å²) in [6.07, 6.45) is 3.31. The van der Waals surface area contributed by atoms with Gasteiger partial charge in [0.1, 0.15) is 0 Å². The van der Waals surface area contributed by atoms with Crippen molar-refractivity contribution < 1.29 is 0 Å². The van der Waals surface area contributed by atoms with Crippen molar-refractivity contribution >= 4 is 10.9 Å². The van der Waals surface area contributed by atoms with Crippen LogP contribution in [-0.4, -0.2) is 18.2 Å². The van der Waals surface area contributed by atoms with E-state index in [1.165, 1.54) is 27.6 Å². The molecule has 0 aliphatic rings. The molecule has 0 bridgehead atoms. The fraction of sp³-hybridized carbons (Fsp3) is 0.222. The smallest absolute Gasteiger partial charge is 0.0480 e. The molecule has 0 amide bonds. The summed E-state index contributed by atoms with van der Waals surface area (Å²) in [5.74, 6) is 0. The lowest BCUT2D eigenvalue weighted by Crippen LogP contribution is -2.09. The average molecular weight is 264 g/mol. The second-order valence-corrected chi connectivity index (χ2v) is 5.22. The van der Waals surface area contributed by atoms with Crippen molar-refractivity contribution in [3.63, 3.8) is 0 Å². The normalized spacial score (nSPS) is 11.1.